The minimum Gasteiger partial charge on any atom is -0.497 e. The number of anilines is 1. The molecule has 0 saturated heterocycles. The highest BCUT2D eigenvalue weighted by atomic mass is 16.5. The predicted octanol–water partition coefficient (Wildman–Crippen LogP) is 2.67. The van der Waals surface area contributed by atoms with E-state index in [-0.39, 0.29) is 5.91 Å². The first kappa shape index (κ1) is 17.7. The van der Waals surface area contributed by atoms with Crippen molar-refractivity contribution >= 4 is 11.7 Å². The molecule has 0 radical (unpaired) electrons. The van der Waals surface area contributed by atoms with Crippen LogP contribution in [-0.4, -0.2) is 36.1 Å². The van der Waals surface area contributed by atoms with E-state index in [1.54, 1.807) is 13.2 Å². The summed E-state index contributed by atoms with van der Waals surface area (Å²) in [6.45, 7) is 3.47. The Hall–Kier alpha value is -2.63. The summed E-state index contributed by atoms with van der Waals surface area (Å²) in [5, 5.41) is 6.07. The molecule has 1 aromatic heterocycles. The van der Waals surface area contributed by atoms with Crippen LogP contribution in [0.5, 0.6) is 5.75 Å². The summed E-state index contributed by atoms with van der Waals surface area (Å²) in [7, 11) is 1.65. The Morgan fingerprint density at radius 1 is 1.17 bits per heavy atom. The van der Waals surface area contributed by atoms with Crippen LogP contribution in [0.25, 0.3) is 0 Å². The second kappa shape index (κ2) is 9.50. The monoisotopic (exact) mass is 328 g/mol. The molecule has 0 aliphatic heterocycles. The molecule has 6 heteroatoms. The number of hydrogen-bond donors (Lipinski definition) is 2. The number of nitrogens with zero attached hydrogens (tertiary/aromatic N) is 2. The summed E-state index contributed by atoms with van der Waals surface area (Å²) in [4.78, 5) is 20.2. The lowest BCUT2D eigenvalue weighted by atomic mass is 10.1. The molecule has 0 fully saturated rings. The molecule has 0 unspecified atom stereocenters. The molecule has 24 heavy (non-hydrogen) atoms. The fourth-order valence-corrected chi connectivity index (χ4v) is 2.17. The number of carbonyl (C=O) groups excluding carboxylic acids is 1. The molecule has 2 rings (SSSR count). The maximum absolute atomic E-state index is 12.0. The van der Waals surface area contributed by atoms with E-state index in [0.717, 1.165) is 31.6 Å². The molecular formula is C18H24N4O2. The molecule has 2 aromatic rings. The van der Waals surface area contributed by atoms with E-state index in [0.29, 0.717) is 18.1 Å². The molecule has 128 valence electrons. The van der Waals surface area contributed by atoms with Crippen LogP contribution in [0, 0.1) is 0 Å². The number of ether oxygens (including phenoxy) is 1. The van der Waals surface area contributed by atoms with E-state index in [9.17, 15) is 4.79 Å². The number of nitrogens with one attached hydrogen (secondary N) is 2. The van der Waals surface area contributed by atoms with Crippen molar-refractivity contribution in [3.8, 4) is 5.75 Å². The lowest BCUT2D eigenvalue weighted by Crippen LogP contribution is -2.25. The first-order valence-electron chi connectivity index (χ1n) is 8.20. The predicted molar refractivity (Wildman–Crippen MR) is 94.5 cm³/mol. The molecule has 0 atom stereocenters. The van der Waals surface area contributed by atoms with Gasteiger partial charge in [-0.05, 0) is 30.5 Å². The van der Waals surface area contributed by atoms with Crippen LogP contribution in [-0.2, 0) is 6.42 Å². The van der Waals surface area contributed by atoms with E-state index >= 15 is 0 Å². The van der Waals surface area contributed by atoms with Crippen LogP contribution in [0.1, 0.15) is 35.8 Å². The van der Waals surface area contributed by atoms with Crippen LogP contribution in [0.3, 0.4) is 0 Å². The molecular weight excluding hydrogens is 304 g/mol. The normalized spacial score (nSPS) is 10.2. The maximum Gasteiger partial charge on any atom is 0.270 e. The van der Waals surface area contributed by atoms with Crippen molar-refractivity contribution in [2.45, 2.75) is 26.2 Å². The van der Waals surface area contributed by atoms with Gasteiger partial charge in [0, 0.05) is 19.2 Å². The van der Waals surface area contributed by atoms with Crippen molar-refractivity contribution in [3.05, 3.63) is 47.9 Å². The molecule has 0 aliphatic rings. The summed E-state index contributed by atoms with van der Waals surface area (Å²) in [6.07, 6.45) is 4.27. The van der Waals surface area contributed by atoms with Crippen molar-refractivity contribution in [2.24, 2.45) is 0 Å². The van der Waals surface area contributed by atoms with E-state index in [2.05, 4.69) is 27.5 Å². The molecule has 0 saturated carbocycles. The fourth-order valence-electron chi connectivity index (χ4n) is 2.17. The Balaban J connectivity index is 1.83. The highest BCUT2D eigenvalue weighted by Gasteiger charge is 2.07. The maximum atomic E-state index is 12.0. The Morgan fingerprint density at radius 3 is 2.67 bits per heavy atom. The molecule has 2 N–H and O–H groups in total. The van der Waals surface area contributed by atoms with E-state index in [1.807, 2.05) is 24.3 Å². The molecule has 0 bridgehead atoms. The number of unbranched alkanes of at least 4 members (excludes halogenated alkanes) is 1. The van der Waals surface area contributed by atoms with E-state index in [1.165, 1.54) is 11.9 Å². The molecule has 0 aliphatic carbocycles. The zero-order valence-electron chi connectivity index (χ0n) is 14.2. The SMILES string of the molecule is CCCCNC(=O)c1cc(NCCc2ccc(OC)cc2)ncn1. The van der Waals surface area contributed by atoms with Gasteiger partial charge in [0.1, 0.15) is 23.6 Å². The Bertz CT molecular complexity index is 644. The number of benzene rings is 1. The topological polar surface area (TPSA) is 76.1 Å². The summed E-state index contributed by atoms with van der Waals surface area (Å²) in [5.74, 6) is 1.34. The number of amides is 1. The van der Waals surface area contributed by atoms with Crippen molar-refractivity contribution in [1.29, 1.82) is 0 Å². The smallest absolute Gasteiger partial charge is 0.270 e. The number of methoxy groups -OCH3 is 1. The van der Waals surface area contributed by atoms with Crippen LogP contribution in [0.4, 0.5) is 5.82 Å². The average molecular weight is 328 g/mol. The minimum absolute atomic E-state index is 0.163. The van der Waals surface area contributed by atoms with Crippen molar-refractivity contribution < 1.29 is 9.53 Å². The number of aromatic nitrogens is 2. The summed E-state index contributed by atoms with van der Waals surface area (Å²) in [6, 6.07) is 9.63. The molecule has 6 nitrogen and oxygen atoms in total. The number of hydrogen-bond acceptors (Lipinski definition) is 5. The molecule has 1 aromatic carbocycles. The van der Waals surface area contributed by atoms with Crippen molar-refractivity contribution in [1.82, 2.24) is 15.3 Å². The van der Waals surface area contributed by atoms with Gasteiger partial charge in [0.15, 0.2) is 0 Å². The number of rotatable bonds is 9. The second-order valence-corrected chi connectivity index (χ2v) is 5.42. The average Bonchev–Trinajstić information content (AvgIpc) is 2.63. The lowest BCUT2D eigenvalue weighted by molar-refractivity contribution is 0.0948. The third-order valence-electron chi connectivity index (χ3n) is 3.59. The number of carbonyl (C=O) groups is 1. The zero-order chi connectivity index (χ0) is 17.2. The summed E-state index contributed by atoms with van der Waals surface area (Å²) < 4.78 is 5.14. The van der Waals surface area contributed by atoms with Gasteiger partial charge < -0.3 is 15.4 Å². The third-order valence-corrected chi connectivity index (χ3v) is 3.59. The van der Waals surface area contributed by atoms with Gasteiger partial charge in [0.2, 0.25) is 0 Å². The quantitative estimate of drug-likeness (QED) is 0.692. The summed E-state index contributed by atoms with van der Waals surface area (Å²) >= 11 is 0. The van der Waals surface area contributed by atoms with Gasteiger partial charge in [-0.2, -0.15) is 0 Å². The lowest BCUT2D eigenvalue weighted by Gasteiger charge is -2.08. The highest BCUT2D eigenvalue weighted by Crippen LogP contribution is 2.12. The largest absolute Gasteiger partial charge is 0.497 e. The highest BCUT2D eigenvalue weighted by molar-refractivity contribution is 5.92. The summed E-state index contributed by atoms with van der Waals surface area (Å²) in [5.41, 5.74) is 1.59. The van der Waals surface area contributed by atoms with Gasteiger partial charge in [-0.15, -0.1) is 0 Å². The van der Waals surface area contributed by atoms with Gasteiger partial charge in [0.05, 0.1) is 7.11 Å². The van der Waals surface area contributed by atoms with E-state index in [4.69, 9.17) is 4.74 Å². The third kappa shape index (κ3) is 5.53. The van der Waals surface area contributed by atoms with Gasteiger partial charge in [-0.1, -0.05) is 25.5 Å². The van der Waals surface area contributed by atoms with Gasteiger partial charge >= 0.3 is 0 Å². The standard InChI is InChI=1S/C18H24N4O2/c1-3-4-10-20-18(23)16-12-17(22-13-21-16)19-11-9-14-5-7-15(24-2)8-6-14/h5-8,12-13H,3-4,9-11H2,1-2H3,(H,20,23)(H,19,21,22). The minimum atomic E-state index is -0.163. The first-order valence-corrected chi connectivity index (χ1v) is 8.20. The van der Waals surface area contributed by atoms with Crippen LogP contribution in [0.15, 0.2) is 36.7 Å². The Kier molecular flexibility index (Phi) is 7.01. The molecule has 1 heterocycles. The van der Waals surface area contributed by atoms with E-state index < -0.39 is 0 Å². The molecule has 1 amide bonds. The van der Waals surface area contributed by atoms with Gasteiger partial charge in [-0.25, -0.2) is 9.97 Å². The Morgan fingerprint density at radius 2 is 1.96 bits per heavy atom. The van der Waals surface area contributed by atoms with Gasteiger partial charge in [-0.3, -0.25) is 4.79 Å². The van der Waals surface area contributed by atoms with Crippen molar-refractivity contribution in [3.63, 3.8) is 0 Å². The first-order chi connectivity index (χ1) is 11.7. The van der Waals surface area contributed by atoms with Crippen LogP contribution >= 0.6 is 0 Å². The van der Waals surface area contributed by atoms with Crippen molar-refractivity contribution in [2.75, 3.05) is 25.5 Å². The van der Waals surface area contributed by atoms with Crippen LogP contribution in [0.2, 0.25) is 0 Å². The second-order valence-electron chi connectivity index (χ2n) is 5.42. The molecule has 0 spiro atoms. The van der Waals surface area contributed by atoms with Gasteiger partial charge in [0.25, 0.3) is 5.91 Å². The zero-order valence-corrected chi connectivity index (χ0v) is 14.2. The Labute approximate surface area is 142 Å². The van der Waals surface area contributed by atoms with Crippen LogP contribution < -0.4 is 15.4 Å². The fraction of sp³-hybridized carbons (Fsp3) is 0.389.